The molecule has 0 fully saturated rings. The number of nitrogens with zero attached hydrogens (tertiary/aromatic N) is 3. The highest BCUT2D eigenvalue weighted by molar-refractivity contribution is 5.71. The predicted molar refractivity (Wildman–Crippen MR) is 99.1 cm³/mol. The van der Waals surface area contributed by atoms with Crippen molar-refractivity contribution in [2.24, 2.45) is 0 Å². The largest absolute Gasteiger partial charge is 0.492 e. The van der Waals surface area contributed by atoms with Gasteiger partial charge in [-0.25, -0.2) is 9.59 Å². The van der Waals surface area contributed by atoms with E-state index in [-0.39, 0.29) is 33.0 Å². The molecule has 0 spiro atoms. The van der Waals surface area contributed by atoms with Crippen LogP contribution in [0, 0.1) is 0 Å². The van der Waals surface area contributed by atoms with Crippen molar-refractivity contribution in [3.63, 3.8) is 0 Å². The molecular weight excluding hydrogens is 422 g/mol. The second kappa shape index (κ2) is 11.5. The monoisotopic (exact) mass is 445 g/mol. The number of carbonyl (C=O) groups is 2. The van der Waals surface area contributed by atoms with Gasteiger partial charge in [-0.05, 0) is 6.92 Å². The van der Waals surface area contributed by atoms with Crippen molar-refractivity contribution in [3.8, 4) is 23.5 Å². The van der Waals surface area contributed by atoms with Crippen molar-refractivity contribution in [2.45, 2.75) is 6.92 Å². The molecule has 1 amide bonds. The molecule has 0 aliphatic rings. The lowest BCUT2D eigenvalue weighted by atomic mass is 10.6. The normalized spacial score (nSPS) is 10.7. The molecule has 0 aliphatic heterocycles. The molecule has 31 heavy (non-hydrogen) atoms. The summed E-state index contributed by atoms with van der Waals surface area (Å²) in [6.07, 6.45) is -0.967. The summed E-state index contributed by atoms with van der Waals surface area (Å²) >= 11 is 0. The molecule has 14 nitrogen and oxygen atoms in total. The minimum atomic E-state index is -0.967. The fraction of sp³-hybridized carbons (Fsp3) is 0.412. The van der Waals surface area contributed by atoms with Crippen LogP contribution in [0.25, 0.3) is 0 Å². The third-order valence-electron chi connectivity index (χ3n) is 3.52. The molecule has 0 aromatic carbocycles. The van der Waals surface area contributed by atoms with Gasteiger partial charge in [-0.1, -0.05) is 0 Å². The van der Waals surface area contributed by atoms with E-state index in [0.717, 1.165) is 29.3 Å². The molecule has 4 N–H and O–H groups in total. The lowest BCUT2D eigenvalue weighted by molar-refractivity contribution is -0.153. The van der Waals surface area contributed by atoms with Gasteiger partial charge in [0.2, 0.25) is 23.5 Å². The number of aromatic hydroxyl groups is 4. The number of hydrogen-bond donors (Lipinski definition) is 4. The summed E-state index contributed by atoms with van der Waals surface area (Å²) in [5.74, 6) is -2.66. The molecular formula is C17H23N3O11. The van der Waals surface area contributed by atoms with E-state index >= 15 is 0 Å². The van der Waals surface area contributed by atoms with Crippen LogP contribution in [-0.4, -0.2) is 86.6 Å². The van der Waals surface area contributed by atoms with Crippen LogP contribution in [0.4, 0.5) is 4.79 Å². The lowest BCUT2D eigenvalue weighted by Gasteiger charge is -2.19. The molecule has 0 saturated heterocycles. The number of hydrogen-bond acceptors (Lipinski definition) is 11. The van der Waals surface area contributed by atoms with E-state index in [0.29, 0.717) is 9.46 Å². The average molecular weight is 445 g/mol. The van der Waals surface area contributed by atoms with Crippen LogP contribution in [0.5, 0.6) is 23.5 Å². The molecule has 2 aromatic rings. The number of rotatable bonds is 12. The molecule has 0 radical (unpaired) electrons. The molecule has 0 saturated carbocycles. The Morgan fingerprint density at radius 3 is 1.84 bits per heavy atom. The lowest BCUT2D eigenvalue weighted by Crippen LogP contribution is -2.37. The van der Waals surface area contributed by atoms with Gasteiger partial charge in [-0.2, -0.15) is 5.06 Å². The topological polar surface area (TPSA) is 174 Å². The van der Waals surface area contributed by atoms with E-state index in [2.05, 4.69) is 4.84 Å². The summed E-state index contributed by atoms with van der Waals surface area (Å²) < 4.78 is 11.3. The van der Waals surface area contributed by atoms with Crippen LogP contribution in [-0.2, 0) is 19.1 Å². The molecule has 0 unspecified atom stereocenters. The Kier molecular flexibility index (Phi) is 8.80. The first-order valence-corrected chi connectivity index (χ1v) is 9.02. The van der Waals surface area contributed by atoms with Crippen molar-refractivity contribution in [1.29, 1.82) is 0 Å². The molecule has 0 aliphatic carbocycles. The van der Waals surface area contributed by atoms with Crippen LogP contribution in [0.2, 0.25) is 0 Å². The van der Waals surface area contributed by atoms with Gasteiger partial charge in [0.1, 0.15) is 6.61 Å². The molecule has 2 aromatic heterocycles. The van der Waals surface area contributed by atoms with E-state index in [1.165, 1.54) is 0 Å². The van der Waals surface area contributed by atoms with Gasteiger partial charge in [0.15, 0.2) is 0 Å². The molecule has 0 atom stereocenters. The standard InChI is InChI=1S/C17H23N3O11/c1-2-18(17(26)31-20-14(23)5-6-15(20)24)29-10-9-27-7-8-28-11-16(25)30-19-12(21)3-4-13(19)22/h3-6,21-24H,2,7-11H2,1H3. The Bertz CT molecular complexity index is 825. The van der Waals surface area contributed by atoms with Crippen LogP contribution >= 0.6 is 0 Å². The zero-order valence-corrected chi connectivity index (χ0v) is 16.5. The summed E-state index contributed by atoms with van der Waals surface area (Å²) in [6, 6.07) is 4.58. The smallest absolute Gasteiger partial charge is 0.458 e. The van der Waals surface area contributed by atoms with Gasteiger partial charge in [0, 0.05) is 30.8 Å². The van der Waals surface area contributed by atoms with E-state index < -0.39 is 42.2 Å². The summed E-state index contributed by atoms with van der Waals surface area (Å²) in [5.41, 5.74) is 0. The highest BCUT2D eigenvalue weighted by atomic mass is 16.8. The minimum absolute atomic E-state index is 0.0131. The molecule has 14 heteroatoms. The number of ether oxygens (including phenoxy) is 2. The molecule has 2 heterocycles. The SMILES string of the molecule is CCN(OCCOCCOCC(=O)On1c(O)ccc1O)C(=O)On1c(O)ccc1O. The zero-order chi connectivity index (χ0) is 22.8. The maximum absolute atomic E-state index is 12.0. The quantitative estimate of drug-likeness (QED) is 0.247. The van der Waals surface area contributed by atoms with E-state index in [1.807, 2.05) is 0 Å². The maximum atomic E-state index is 12.0. The number of aromatic nitrogens is 2. The third kappa shape index (κ3) is 6.98. The minimum Gasteiger partial charge on any atom is -0.492 e. The summed E-state index contributed by atoms with van der Waals surface area (Å²) in [7, 11) is 0. The van der Waals surface area contributed by atoms with Crippen LogP contribution in [0.3, 0.4) is 0 Å². The Morgan fingerprint density at radius 1 is 0.806 bits per heavy atom. The van der Waals surface area contributed by atoms with Crippen molar-refractivity contribution in [3.05, 3.63) is 24.3 Å². The zero-order valence-electron chi connectivity index (χ0n) is 16.5. The fourth-order valence-electron chi connectivity index (χ4n) is 2.10. The van der Waals surface area contributed by atoms with Crippen LogP contribution < -0.4 is 9.68 Å². The van der Waals surface area contributed by atoms with Crippen LogP contribution in [0.1, 0.15) is 6.92 Å². The first-order valence-electron chi connectivity index (χ1n) is 9.02. The Morgan fingerprint density at radius 2 is 1.29 bits per heavy atom. The van der Waals surface area contributed by atoms with E-state index in [1.54, 1.807) is 6.92 Å². The van der Waals surface area contributed by atoms with Gasteiger partial charge in [-0.15, -0.1) is 9.46 Å². The number of hydroxylamine groups is 2. The van der Waals surface area contributed by atoms with E-state index in [9.17, 15) is 30.0 Å². The van der Waals surface area contributed by atoms with Gasteiger partial charge in [0.05, 0.1) is 26.4 Å². The first-order chi connectivity index (χ1) is 14.8. The second-order valence-corrected chi connectivity index (χ2v) is 5.70. The van der Waals surface area contributed by atoms with Gasteiger partial charge in [-0.3, -0.25) is 4.84 Å². The Labute approximate surface area is 175 Å². The molecule has 0 bridgehead atoms. The molecule has 2 rings (SSSR count). The maximum Gasteiger partial charge on any atom is 0.458 e. The van der Waals surface area contributed by atoms with Gasteiger partial charge in [0.25, 0.3) is 0 Å². The Balaban J connectivity index is 1.55. The van der Waals surface area contributed by atoms with Gasteiger partial charge >= 0.3 is 12.1 Å². The van der Waals surface area contributed by atoms with Crippen molar-refractivity contribution in [2.75, 3.05) is 39.6 Å². The summed E-state index contributed by atoms with van der Waals surface area (Å²) in [5, 5.41) is 38.5. The highest BCUT2D eigenvalue weighted by Gasteiger charge is 2.19. The van der Waals surface area contributed by atoms with Crippen molar-refractivity contribution < 1.29 is 54.0 Å². The predicted octanol–water partition coefficient (Wildman–Crippen LogP) is -0.397. The molecule has 172 valence electrons. The van der Waals surface area contributed by atoms with Gasteiger partial charge < -0.3 is 39.6 Å². The van der Waals surface area contributed by atoms with Crippen LogP contribution in [0.15, 0.2) is 24.3 Å². The number of carbonyl (C=O) groups excluding carboxylic acids is 2. The first kappa shape index (κ1) is 23.7. The van der Waals surface area contributed by atoms with E-state index in [4.69, 9.17) is 19.1 Å². The Hall–Kier alpha value is -3.62. The number of amides is 1. The average Bonchev–Trinajstić information content (AvgIpc) is 3.22. The van der Waals surface area contributed by atoms with Crippen molar-refractivity contribution in [1.82, 2.24) is 14.5 Å². The van der Waals surface area contributed by atoms with Crippen molar-refractivity contribution >= 4 is 12.1 Å². The highest BCUT2D eigenvalue weighted by Crippen LogP contribution is 2.19. The summed E-state index contributed by atoms with van der Waals surface area (Å²) in [4.78, 5) is 38.2. The fourth-order valence-corrected chi connectivity index (χ4v) is 2.10. The second-order valence-electron chi connectivity index (χ2n) is 5.70. The summed E-state index contributed by atoms with van der Waals surface area (Å²) in [6.45, 7) is 1.54. The third-order valence-corrected chi connectivity index (χ3v) is 3.52.